The Morgan fingerprint density at radius 3 is 1.88 bits per heavy atom. The van der Waals surface area contributed by atoms with Crippen LogP contribution in [0, 0.1) is 0 Å². The van der Waals surface area contributed by atoms with Crippen molar-refractivity contribution in [2.75, 3.05) is 7.11 Å². The third-order valence-corrected chi connectivity index (χ3v) is 17.7. The van der Waals surface area contributed by atoms with Crippen molar-refractivity contribution >= 4 is 22.9 Å². The number of carbonyl (C=O) groups is 1. The van der Waals surface area contributed by atoms with Gasteiger partial charge < -0.3 is 23.1 Å². The molecule has 0 saturated carbocycles. The molecule has 1 fully saturated rings. The molecule has 222 valence electrons. The molecule has 0 spiro atoms. The molecule has 11 heteroatoms. The highest BCUT2D eigenvalue weighted by Gasteiger charge is 2.54. The molecule has 1 aromatic heterocycles. The highest BCUT2D eigenvalue weighted by molar-refractivity contribution is 6.74. The van der Waals surface area contributed by atoms with E-state index in [1.165, 1.54) is 16.8 Å². The number of hydrogen-bond acceptors (Lipinski definition) is 7. The van der Waals surface area contributed by atoms with Gasteiger partial charge in [0, 0.05) is 12.3 Å². The van der Waals surface area contributed by atoms with E-state index in [0.29, 0.717) is 5.75 Å². The van der Waals surface area contributed by atoms with Crippen molar-refractivity contribution in [2.45, 2.75) is 109 Å². The maximum atomic E-state index is 13.8. The minimum absolute atomic E-state index is 0.0734. The summed E-state index contributed by atoms with van der Waals surface area (Å²) in [6.45, 7) is 21.3. The second-order valence-electron chi connectivity index (χ2n) is 13.6. The van der Waals surface area contributed by atoms with Gasteiger partial charge in [0.15, 0.2) is 29.1 Å². The van der Waals surface area contributed by atoms with Crippen LogP contribution in [0.25, 0.3) is 0 Å². The molecular formula is C29H46N2O7Si2. The quantitative estimate of drug-likeness (QED) is 0.301. The normalized spacial score (nSPS) is 22.4. The summed E-state index contributed by atoms with van der Waals surface area (Å²) in [6, 6.07) is 8.52. The van der Waals surface area contributed by atoms with Gasteiger partial charge in [-0.05, 0) is 54.0 Å². The van der Waals surface area contributed by atoms with Crippen LogP contribution < -0.4 is 16.0 Å². The molecule has 0 radical (unpaired) electrons. The predicted molar refractivity (Wildman–Crippen MR) is 161 cm³/mol. The van der Waals surface area contributed by atoms with Crippen molar-refractivity contribution in [1.82, 2.24) is 9.13 Å². The Labute approximate surface area is 239 Å². The van der Waals surface area contributed by atoms with Gasteiger partial charge >= 0.3 is 5.69 Å². The van der Waals surface area contributed by atoms with Gasteiger partial charge in [-0.25, -0.2) is 4.79 Å². The van der Waals surface area contributed by atoms with Crippen LogP contribution in [0.15, 0.2) is 46.1 Å². The molecule has 0 unspecified atom stereocenters. The molecule has 0 aliphatic carbocycles. The van der Waals surface area contributed by atoms with Crippen LogP contribution in [0.1, 0.15) is 53.3 Å². The maximum absolute atomic E-state index is 13.8. The monoisotopic (exact) mass is 590 g/mol. The van der Waals surface area contributed by atoms with Gasteiger partial charge in [0.1, 0.15) is 24.1 Å². The second-order valence-corrected chi connectivity index (χ2v) is 23.1. The van der Waals surface area contributed by atoms with Crippen LogP contribution in [-0.2, 0) is 24.9 Å². The molecule has 1 aromatic carbocycles. The standard InChI is InChI=1S/C29H46N2O7Si2/c1-28(2,3)39(8,9)37-24-22(19-32)36-26(25(24)38-40(10,11)29(4,5)6)30-17-16-23(33)31(27(30)34)18-20-12-14-21(35-7)15-13-20/h12-17,19,22,24-26H,18H2,1-11H3/t22-,24+,25+,26+/m0/s1. The topological polar surface area (TPSA) is 98.0 Å². The zero-order chi connectivity index (χ0) is 30.3. The van der Waals surface area contributed by atoms with E-state index in [9.17, 15) is 14.4 Å². The predicted octanol–water partition coefficient (Wildman–Crippen LogP) is 4.94. The average molecular weight is 591 g/mol. The summed E-state index contributed by atoms with van der Waals surface area (Å²) < 4.78 is 27.7. The minimum Gasteiger partial charge on any atom is -0.497 e. The van der Waals surface area contributed by atoms with Gasteiger partial charge in [-0.2, -0.15) is 0 Å². The Morgan fingerprint density at radius 1 is 0.875 bits per heavy atom. The number of carbonyl (C=O) groups excluding carboxylic acids is 1. The molecule has 1 saturated heterocycles. The van der Waals surface area contributed by atoms with E-state index in [-0.39, 0.29) is 16.6 Å². The first-order valence-electron chi connectivity index (χ1n) is 13.7. The van der Waals surface area contributed by atoms with Gasteiger partial charge in [-0.15, -0.1) is 0 Å². The zero-order valence-corrected chi connectivity index (χ0v) is 27.8. The van der Waals surface area contributed by atoms with E-state index in [2.05, 4.69) is 67.7 Å². The largest absolute Gasteiger partial charge is 0.497 e. The summed E-state index contributed by atoms with van der Waals surface area (Å²) in [5, 5.41) is -0.265. The van der Waals surface area contributed by atoms with Crippen LogP contribution in [-0.4, -0.2) is 57.5 Å². The van der Waals surface area contributed by atoms with Crippen molar-refractivity contribution in [2.24, 2.45) is 0 Å². The molecule has 9 nitrogen and oxygen atoms in total. The molecule has 1 aliphatic rings. The molecule has 1 aliphatic heterocycles. The molecule has 0 N–H and O–H groups in total. The van der Waals surface area contributed by atoms with Gasteiger partial charge in [-0.3, -0.25) is 13.9 Å². The summed E-state index contributed by atoms with van der Waals surface area (Å²) in [7, 11) is -3.21. The fourth-order valence-corrected chi connectivity index (χ4v) is 6.66. The fraction of sp³-hybridized carbons (Fsp3) is 0.621. The van der Waals surface area contributed by atoms with Crippen LogP contribution in [0.5, 0.6) is 5.75 Å². The zero-order valence-electron chi connectivity index (χ0n) is 25.8. The number of methoxy groups -OCH3 is 1. The molecule has 2 heterocycles. The molecule has 40 heavy (non-hydrogen) atoms. The van der Waals surface area contributed by atoms with Gasteiger partial charge in [0.25, 0.3) is 5.56 Å². The highest BCUT2D eigenvalue weighted by Crippen LogP contribution is 2.45. The molecule has 0 amide bonds. The van der Waals surface area contributed by atoms with Crippen molar-refractivity contribution in [1.29, 1.82) is 0 Å². The number of rotatable bonds is 9. The van der Waals surface area contributed by atoms with Gasteiger partial charge in [0.2, 0.25) is 0 Å². The number of hydrogen-bond donors (Lipinski definition) is 0. The van der Waals surface area contributed by atoms with Crippen molar-refractivity contribution < 1.29 is 23.1 Å². The highest BCUT2D eigenvalue weighted by atomic mass is 28.4. The van der Waals surface area contributed by atoms with E-state index in [4.69, 9.17) is 18.3 Å². The maximum Gasteiger partial charge on any atom is 0.333 e. The Kier molecular flexibility index (Phi) is 9.27. The SMILES string of the molecule is COc1ccc(Cn2c(=O)ccn([C@@H]3O[C@@H](C=O)[C@@H](O[Si](C)(C)C(C)(C)C)[C@H]3O[Si](C)(C)C(C)(C)C)c2=O)cc1. The summed E-state index contributed by atoms with van der Waals surface area (Å²) in [6.07, 6.45) is -1.14. The third kappa shape index (κ3) is 6.59. The van der Waals surface area contributed by atoms with Crippen LogP contribution in [0.2, 0.25) is 36.3 Å². The number of benzene rings is 1. The van der Waals surface area contributed by atoms with Crippen molar-refractivity contribution in [3.05, 3.63) is 62.9 Å². The average Bonchev–Trinajstić information content (AvgIpc) is 3.16. The molecular weight excluding hydrogens is 544 g/mol. The smallest absolute Gasteiger partial charge is 0.333 e. The lowest BCUT2D eigenvalue weighted by Gasteiger charge is -2.43. The van der Waals surface area contributed by atoms with Gasteiger partial charge in [-0.1, -0.05) is 53.7 Å². The summed E-state index contributed by atoms with van der Waals surface area (Å²) in [4.78, 5) is 39.0. The fourth-order valence-electron chi connectivity index (χ4n) is 4.08. The van der Waals surface area contributed by atoms with Crippen LogP contribution >= 0.6 is 0 Å². The lowest BCUT2D eigenvalue weighted by Crippen LogP contribution is -2.54. The first-order valence-corrected chi connectivity index (χ1v) is 19.6. The van der Waals surface area contributed by atoms with Gasteiger partial charge in [0.05, 0.1) is 13.7 Å². The lowest BCUT2D eigenvalue weighted by atomic mass is 10.1. The van der Waals surface area contributed by atoms with E-state index < -0.39 is 52.4 Å². The van der Waals surface area contributed by atoms with Crippen LogP contribution in [0.3, 0.4) is 0 Å². The van der Waals surface area contributed by atoms with Crippen molar-refractivity contribution in [3.63, 3.8) is 0 Å². The summed E-state index contributed by atoms with van der Waals surface area (Å²) in [5.74, 6) is 0.680. The number of aromatic nitrogens is 2. The Hall–Kier alpha value is -2.32. The summed E-state index contributed by atoms with van der Waals surface area (Å²) in [5.41, 5.74) is -0.211. The number of aldehydes is 1. The van der Waals surface area contributed by atoms with Crippen molar-refractivity contribution in [3.8, 4) is 5.75 Å². The minimum atomic E-state index is -2.42. The number of nitrogens with zero attached hydrogens (tertiary/aromatic N) is 2. The second kappa shape index (κ2) is 11.5. The third-order valence-electron chi connectivity index (χ3n) is 8.70. The number of ether oxygens (including phenoxy) is 2. The van der Waals surface area contributed by atoms with E-state index >= 15 is 0 Å². The molecule has 0 bridgehead atoms. The molecule has 2 aromatic rings. The first-order chi connectivity index (χ1) is 18.3. The Bertz CT molecular complexity index is 1300. The molecule has 4 atom stereocenters. The van der Waals surface area contributed by atoms with Crippen LogP contribution in [0.4, 0.5) is 0 Å². The van der Waals surface area contributed by atoms with E-state index in [1.54, 1.807) is 19.2 Å². The summed E-state index contributed by atoms with van der Waals surface area (Å²) >= 11 is 0. The Balaban J connectivity index is 2.11. The first kappa shape index (κ1) is 32.2. The lowest BCUT2D eigenvalue weighted by molar-refractivity contribution is -0.122. The van der Waals surface area contributed by atoms with E-state index in [1.807, 2.05) is 12.1 Å². The van der Waals surface area contributed by atoms with E-state index in [0.717, 1.165) is 16.4 Å². The Morgan fingerprint density at radius 2 is 1.40 bits per heavy atom. The molecule has 3 rings (SSSR count).